The highest BCUT2D eigenvalue weighted by Gasteiger charge is 2.11. The summed E-state index contributed by atoms with van der Waals surface area (Å²) in [5.74, 6) is -1.28. The molecule has 2 rings (SSSR count). The second kappa shape index (κ2) is 7.12. The van der Waals surface area contributed by atoms with Crippen molar-refractivity contribution < 1.29 is 14.0 Å². The van der Waals surface area contributed by atoms with Gasteiger partial charge in [0.2, 0.25) is 0 Å². The number of amides is 2. The molecule has 2 N–H and O–H groups in total. The fourth-order valence-corrected chi connectivity index (χ4v) is 1.72. The average molecular weight is 299 g/mol. The molecule has 0 saturated carbocycles. The fraction of sp³-hybridized carbons (Fsp3) is 0.0625. The molecule has 2 aromatic rings. The lowest BCUT2D eigenvalue weighted by Crippen LogP contribution is -2.24. The first-order chi connectivity index (χ1) is 10.6. The van der Waals surface area contributed by atoms with E-state index in [1.54, 1.807) is 12.1 Å². The van der Waals surface area contributed by atoms with Crippen LogP contribution in [0.3, 0.4) is 0 Å². The highest BCUT2D eigenvalue weighted by molar-refractivity contribution is 6.05. The van der Waals surface area contributed by atoms with E-state index in [1.165, 1.54) is 36.7 Å². The third kappa shape index (κ3) is 3.99. The summed E-state index contributed by atoms with van der Waals surface area (Å²) in [6.07, 6.45) is 4.24. The van der Waals surface area contributed by atoms with Crippen LogP contribution in [0.15, 0.2) is 55.4 Å². The van der Waals surface area contributed by atoms with Gasteiger partial charge in [0.05, 0.1) is 11.1 Å². The summed E-state index contributed by atoms with van der Waals surface area (Å²) in [5.41, 5.74) is 0.788. The Hall–Kier alpha value is -3.02. The number of aromatic nitrogens is 1. The van der Waals surface area contributed by atoms with Crippen molar-refractivity contribution >= 4 is 17.5 Å². The zero-order valence-electron chi connectivity index (χ0n) is 11.7. The van der Waals surface area contributed by atoms with Crippen LogP contribution in [0.2, 0.25) is 0 Å². The predicted molar refractivity (Wildman–Crippen MR) is 81.1 cm³/mol. The summed E-state index contributed by atoms with van der Waals surface area (Å²) in [7, 11) is 0. The average Bonchev–Trinajstić information content (AvgIpc) is 2.52. The van der Waals surface area contributed by atoms with E-state index in [-0.39, 0.29) is 17.0 Å². The van der Waals surface area contributed by atoms with Crippen molar-refractivity contribution in [3.63, 3.8) is 0 Å². The van der Waals surface area contributed by atoms with Crippen LogP contribution in [0, 0.1) is 5.82 Å². The second-order valence-corrected chi connectivity index (χ2v) is 4.43. The predicted octanol–water partition coefficient (Wildman–Crippen LogP) is 2.39. The monoisotopic (exact) mass is 299 g/mol. The molecule has 0 saturated heterocycles. The third-order valence-corrected chi connectivity index (χ3v) is 2.75. The van der Waals surface area contributed by atoms with Crippen molar-refractivity contribution in [1.29, 1.82) is 0 Å². The maximum atomic E-state index is 13.1. The van der Waals surface area contributed by atoms with Gasteiger partial charge in [-0.25, -0.2) is 4.39 Å². The smallest absolute Gasteiger partial charge is 0.257 e. The number of hydrogen-bond acceptors (Lipinski definition) is 3. The van der Waals surface area contributed by atoms with Crippen LogP contribution in [0.1, 0.15) is 20.7 Å². The minimum Gasteiger partial charge on any atom is -0.349 e. The molecule has 0 aliphatic carbocycles. The first kappa shape index (κ1) is 15.4. The third-order valence-electron chi connectivity index (χ3n) is 2.75. The Morgan fingerprint density at radius 3 is 2.59 bits per heavy atom. The Morgan fingerprint density at radius 1 is 1.18 bits per heavy atom. The Morgan fingerprint density at radius 2 is 1.91 bits per heavy atom. The van der Waals surface area contributed by atoms with E-state index in [1.807, 2.05) is 0 Å². The molecule has 0 aliphatic heterocycles. The maximum Gasteiger partial charge on any atom is 0.257 e. The van der Waals surface area contributed by atoms with Gasteiger partial charge in [-0.3, -0.25) is 14.6 Å². The topological polar surface area (TPSA) is 71.1 Å². The minimum atomic E-state index is -0.475. The van der Waals surface area contributed by atoms with Gasteiger partial charge in [0.25, 0.3) is 11.8 Å². The lowest BCUT2D eigenvalue weighted by molar-refractivity contribution is 0.0957. The molecule has 0 radical (unpaired) electrons. The quantitative estimate of drug-likeness (QED) is 0.833. The molecule has 2 amide bonds. The van der Waals surface area contributed by atoms with Crippen molar-refractivity contribution in [1.82, 2.24) is 10.3 Å². The molecule has 112 valence electrons. The standard InChI is InChI=1S/C16H14FN3O2/c1-2-6-19-15(21)11-7-12(10-18-9-11)16(22)20-14-5-3-4-13(17)8-14/h2-5,7-10H,1,6H2,(H,19,21)(H,20,22). The van der Waals surface area contributed by atoms with E-state index in [4.69, 9.17) is 0 Å². The largest absolute Gasteiger partial charge is 0.349 e. The molecule has 0 fully saturated rings. The van der Waals surface area contributed by atoms with Gasteiger partial charge in [0.1, 0.15) is 5.82 Å². The van der Waals surface area contributed by atoms with E-state index < -0.39 is 11.7 Å². The molecular weight excluding hydrogens is 285 g/mol. The molecule has 1 aromatic heterocycles. The summed E-state index contributed by atoms with van der Waals surface area (Å²) in [4.78, 5) is 27.8. The van der Waals surface area contributed by atoms with Gasteiger partial charge in [-0.05, 0) is 24.3 Å². The van der Waals surface area contributed by atoms with Crippen molar-refractivity contribution in [2.75, 3.05) is 11.9 Å². The number of nitrogens with zero attached hydrogens (tertiary/aromatic N) is 1. The van der Waals surface area contributed by atoms with Crippen molar-refractivity contribution in [2.24, 2.45) is 0 Å². The summed E-state index contributed by atoms with van der Waals surface area (Å²) < 4.78 is 13.1. The van der Waals surface area contributed by atoms with Gasteiger partial charge in [-0.1, -0.05) is 12.1 Å². The van der Waals surface area contributed by atoms with E-state index in [2.05, 4.69) is 22.2 Å². The number of carbonyl (C=O) groups is 2. The number of rotatable bonds is 5. The number of benzene rings is 1. The van der Waals surface area contributed by atoms with Gasteiger partial charge >= 0.3 is 0 Å². The summed E-state index contributed by atoms with van der Waals surface area (Å²) >= 11 is 0. The van der Waals surface area contributed by atoms with Crippen LogP contribution in [0.5, 0.6) is 0 Å². The van der Waals surface area contributed by atoms with Crippen LogP contribution in [-0.4, -0.2) is 23.3 Å². The number of nitrogens with one attached hydrogen (secondary N) is 2. The first-order valence-corrected chi connectivity index (χ1v) is 6.51. The summed E-state index contributed by atoms with van der Waals surface area (Å²) in [6, 6.07) is 6.95. The zero-order chi connectivity index (χ0) is 15.9. The molecule has 0 spiro atoms. The van der Waals surface area contributed by atoms with Crippen LogP contribution >= 0.6 is 0 Å². The van der Waals surface area contributed by atoms with Gasteiger partial charge in [0.15, 0.2) is 0 Å². The number of carbonyl (C=O) groups excluding carboxylic acids is 2. The second-order valence-electron chi connectivity index (χ2n) is 4.43. The van der Waals surface area contributed by atoms with E-state index in [0.29, 0.717) is 12.2 Å². The Kier molecular flexibility index (Phi) is 4.98. The normalized spacial score (nSPS) is 9.86. The van der Waals surface area contributed by atoms with Gasteiger partial charge < -0.3 is 10.6 Å². The SMILES string of the molecule is C=CCNC(=O)c1cncc(C(=O)Nc2cccc(F)c2)c1. The lowest BCUT2D eigenvalue weighted by Gasteiger charge is -2.07. The number of halogens is 1. The molecule has 0 bridgehead atoms. The number of anilines is 1. The summed E-state index contributed by atoms with van der Waals surface area (Å²) in [6.45, 7) is 3.82. The highest BCUT2D eigenvalue weighted by Crippen LogP contribution is 2.11. The molecule has 0 aliphatic rings. The highest BCUT2D eigenvalue weighted by atomic mass is 19.1. The molecular formula is C16H14FN3O2. The fourth-order valence-electron chi connectivity index (χ4n) is 1.72. The molecule has 0 atom stereocenters. The minimum absolute atomic E-state index is 0.204. The van der Waals surface area contributed by atoms with E-state index in [0.717, 1.165) is 0 Å². The van der Waals surface area contributed by atoms with Crippen LogP contribution in [0.25, 0.3) is 0 Å². The Labute approximate surface area is 126 Å². The van der Waals surface area contributed by atoms with E-state index >= 15 is 0 Å². The lowest BCUT2D eigenvalue weighted by atomic mass is 10.2. The molecule has 22 heavy (non-hydrogen) atoms. The zero-order valence-corrected chi connectivity index (χ0v) is 11.7. The van der Waals surface area contributed by atoms with Gasteiger partial charge in [0, 0.05) is 24.6 Å². The van der Waals surface area contributed by atoms with Crippen molar-refractivity contribution in [2.45, 2.75) is 0 Å². The maximum absolute atomic E-state index is 13.1. The molecule has 6 heteroatoms. The molecule has 1 aromatic carbocycles. The van der Waals surface area contributed by atoms with Crippen LogP contribution in [-0.2, 0) is 0 Å². The van der Waals surface area contributed by atoms with Crippen molar-refractivity contribution in [3.8, 4) is 0 Å². The van der Waals surface area contributed by atoms with Gasteiger partial charge in [-0.15, -0.1) is 6.58 Å². The molecule has 5 nitrogen and oxygen atoms in total. The molecule has 0 unspecified atom stereocenters. The Bertz CT molecular complexity index is 716. The van der Waals surface area contributed by atoms with Crippen LogP contribution in [0.4, 0.5) is 10.1 Å². The van der Waals surface area contributed by atoms with Crippen LogP contribution < -0.4 is 10.6 Å². The Balaban J connectivity index is 2.13. The summed E-state index contributed by atoms with van der Waals surface area (Å²) in [5, 5.41) is 5.14. The van der Waals surface area contributed by atoms with E-state index in [9.17, 15) is 14.0 Å². The van der Waals surface area contributed by atoms with Gasteiger partial charge in [-0.2, -0.15) is 0 Å². The van der Waals surface area contributed by atoms with Crippen molar-refractivity contribution in [3.05, 3.63) is 72.3 Å². The molecule has 1 heterocycles. The number of hydrogen-bond donors (Lipinski definition) is 2. The first-order valence-electron chi connectivity index (χ1n) is 6.51. The number of pyridine rings is 1.